The van der Waals surface area contributed by atoms with Crippen molar-refractivity contribution in [1.82, 2.24) is 5.32 Å². The summed E-state index contributed by atoms with van der Waals surface area (Å²) in [5.41, 5.74) is 3.43. The van der Waals surface area contributed by atoms with Crippen LogP contribution in [0.5, 0.6) is 11.5 Å². The Kier molecular flexibility index (Phi) is 6.62. The number of allylic oxidation sites excluding steroid dienone is 3. The van der Waals surface area contributed by atoms with Crippen LogP contribution in [0.2, 0.25) is 0 Å². The van der Waals surface area contributed by atoms with Gasteiger partial charge in [-0.1, -0.05) is 13.3 Å². The highest BCUT2D eigenvalue weighted by Crippen LogP contribution is 2.46. The van der Waals surface area contributed by atoms with Gasteiger partial charge in [-0.05, 0) is 44.4 Å². The minimum atomic E-state index is -0.543. The number of hydrogen-bond acceptors (Lipinski definition) is 6. The highest BCUT2D eigenvalue weighted by atomic mass is 16.5. The summed E-state index contributed by atoms with van der Waals surface area (Å²) in [5, 5.41) is 3.30. The first-order valence-corrected chi connectivity index (χ1v) is 10.1. The number of unbranched alkanes of at least 4 members (excludes halogenated alkanes) is 1. The SMILES string of the molecule is CCCCOC(=O)C1=C(C)NC2=C(C(=O)CCC2)[C@H]1c1cc(OC)ccc1OC. The van der Waals surface area contributed by atoms with Crippen LogP contribution in [-0.2, 0) is 14.3 Å². The second-order valence-electron chi connectivity index (χ2n) is 7.36. The molecule has 1 atom stereocenters. The van der Waals surface area contributed by atoms with Crippen molar-refractivity contribution in [3.05, 3.63) is 46.3 Å². The Morgan fingerprint density at radius 2 is 2.00 bits per heavy atom. The van der Waals surface area contributed by atoms with Gasteiger partial charge in [0.05, 0.1) is 32.3 Å². The lowest BCUT2D eigenvalue weighted by Crippen LogP contribution is -2.34. The molecule has 0 unspecified atom stereocenters. The summed E-state index contributed by atoms with van der Waals surface area (Å²) < 4.78 is 16.5. The molecule has 1 aromatic rings. The monoisotopic (exact) mass is 399 g/mol. The van der Waals surface area contributed by atoms with Crippen molar-refractivity contribution in [2.24, 2.45) is 0 Å². The predicted octanol–water partition coefficient (Wildman–Crippen LogP) is 4.02. The average Bonchev–Trinajstić information content (AvgIpc) is 2.72. The number of ether oxygens (including phenoxy) is 3. The van der Waals surface area contributed by atoms with E-state index in [1.807, 2.05) is 19.9 Å². The first-order chi connectivity index (χ1) is 14.0. The maximum atomic E-state index is 13.1. The van der Waals surface area contributed by atoms with Gasteiger partial charge >= 0.3 is 5.97 Å². The predicted molar refractivity (Wildman–Crippen MR) is 110 cm³/mol. The third-order valence-electron chi connectivity index (χ3n) is 5.47. The molecule has 3 rings (SSSR count). The lowest BCUT2D eigenvalue weighted by molar-refractivity contribution is -0.139. The molecule has 0 saturated heterocycles. The molecule has 1 aliphatic heterocycles. The summed E-state index contributed by atoms with van der Waals surface area (Å²) >= 11 is 0. The van der Waals surface area contributed by atoms with E-state index in [9.17, 15) is 9.59 Å². The van der Waals surface area contributed by atoms with E-state index in [-0.39, 0.29) is 5.78 Å². The van der Waals surface area contributed by atoms with Crippen molar-refractivity contribution in [2.75, 3.05) is 20.8 Å². The van der Waals surface area contributed by atoms with Gasteiger partial charge in [0.1, 0.15) is 11.5 Å². The van der Waals surface area contributed by atoms with Gasteiger partial charge in [0.15, 0.2) is 5.78 Å². The molecule has 156 valence electrons. The Balaban J connectivity index is 2.15. The fourth-order valence-corrected chi connectivity index (χ4v) is 4.02. The maximum absolute atomic E-state index is 13.1. The van der Waals surface area contributed by atoms with Crippen LogP contribution in [0.3, 0.4) is 0 Å². The van der Waals surface area contributed by atoms with Gasteiger partial charge in [-0.3, -0.25) is 4.79 Å². The normalized spacial score (nSPS) is 18.9. The lowest BCUT2D eigenvalue weighted by Gasteiger charge is -2.34. The summed E-state index contributed by atoms with van der Waals surface area (Å²) in [6.45, 7) is 4.26. The second-order valence-corrected chi connectivity index (χ2v) is 7.36. The Morgan fingerprint density at radius 3 is 2.69 bits per heavy atom. The van der Waals surface area contributed by atoms with Gasteiger partial charge in [0.2, 0.25) is 0 Å². The van der Waals surface area contributed by atoms with E-state index in [1.165, 1.54) is 0 Å². The number of methoxy groups -OCH3 is 2. The molecule has 1 aliphatic carbocycles. The Hall–Kier alpha value is -2.76. The van der Waals surface area contributed by atoms with Crippen LogP contribution in [0.4, 0.5) is 0 Å². The van der Waals surface area contributed by atoms with E-state index in [4.69, 9.17) is 14.2 Å². The molecule has 0 fully saturated rings. The summed E-state index contributed by atoms with van der Waals surface area (Å²) in [4.78, 5) is 26.0. The van der Waals surface area contributed by atoms with Crippen molar-refractivity contribution in [1.29, 1.82) is 0 Å². The standard InChI is InChI=1S/C23H29NO5/c1-5-6-12-29-23(26)20-14(2)24-17-8-7-9-18(25)22(17)21(20)16-13-15(27-3)10-11-19(16)28-4/h10-11,13,21,24H,5-9,12H2,1-4H3/t21-/m0/s1. The molecule has 0 amide bonds. The molecule has 2 aliphatic rings. The average molecular weight is 399 g/mol. The topological polar surface area (TPSA) is 73.9 Å². The van der Waals surface area contributed by atoms with Crippen LogP contribution in [0, 0.1) is 0 Å². The van der Waals surface area contributed by atoms with Crippen LogP contribution in [0.25, 0.3) is 0 Å². The van der Waals surface area contributed by atoms with Crippen LogP contribution in [0.1, 0.15) is 57.4 Å². The largest absolute Gasteiger partial charge is 0.497 e. The molecule has 6 nitrogen and oxygen atoms in total. The summed E-state index contributed by atoms with van der Waals surface area (Å²) in [6.07, 6.45) is 3.78. The molecular weight excluding hydrogens is 370 g/mol. The third-order valence-corrected chi connectivity index (χ3v) is 5.47. The van der Waals surface area contributed by atoms with E-state index < -0.39 is 11.9 Å². The van der Waals surface area contributed by atoms with Crippen molar-refractivity contribution in [3.8, 4) is 11.5 Å². The summed E-state index contributed by atoms with van der Waals surface area (Å²) in [6, 6.07) is 5.45. The molecule has 6 heteroatoms. The van der Waals surface area contributed by atoms with E-state index >= 15 is 0 Å². The number of carbonyl (C=O) groups excluding carboxylic acids is 2. The summed E-state index contributed by atoms with van der Waals surface area (Å²) in [7, 11) is 3.17. The fourth-order valence-electron chi connectivity index (χ4n) is 4.02. The van der Waals surface area contributed by atoms with Gasteiger partial charge in [-0.2, -0.15) is 0 Å². The van der Waals surface area contributed by atoms with Crippen LogP contribution in [-0.4, -0.2) is 32.6 Å². The first-order valence-electron chi connectivity index (χ1n) is 10.1. The number of dihydropyridines is 1. The molecule has 1 heterocycles. The number of rotatable bonds is 7. The highest BCUT2D eigenvalue weighted by Gasteiger charge is 2.40. The summed E-state index contributed by atoms with van der Waals surface area (Å²) in [5.74, 6) is 0.358. The maximum Gasteiger partial charge on any atom is 0.336 e. The first kappa shape index (κ1) is 21.0. The molecule has 0 spiro atoms. The number of hydrogen-bond donors (Lipinski definition) is 1. The van der Waals surface area contributed by atoms with Crippen LogP contribution in [0.15, 0.2) is 40.7 Å². The van der Waals surface area contributed by atoms with Crippen LogP contribution >= 0.6 is 0 Å². The second kappa shape index (κ2) is 9.16. The molecule has 0 radical (unpaired) electrons. The number of carbonyl (C=O) groups is 2. The van der Waals surface area contributed by atoms with Gasteiger partial charge in [0.25, 0.3) is 0 Å². The van der Waals surface area contributed by atoms with Crippen molar-refractivity contribution < 1.29 is 23.8 Å². The van der Waals surface area contributed by atoms with E-state index in [0.717, 1.165) is 42.6 Å². The zero-order valence-corrected chi connectivity index (χ0v) is 17.6. The third kappa shape index (κ3) is 4.16. The highest BCUT2D eigenvalue weighted by molar-refractivity contribution is 6.04. The van der Waals surface area contributed by atoms with Crippen LogP contribution < -0.4 is 14.8 Å². The van der Waals surface area contributed by atoms with Crippen molar-refractivity contribution in [2.45, 2.75) is 51.9 Å². The molecule has 1 aromatic carbocycles. The molecular formula is C23H29NO5. The lowest BCUT2D eigenvalue weighted by atomic mass is 9.75. The van der Waals surface area contributed by atoms with E-state index in [0.29, 0.717) is 35.7 Å². The molecule has 0 bridgehead atoms. The Morgan fingerprint density at radius 1 is 1.21 bits per heavy atom. The number of nitrogens with one attached hydrogen (secondary N) is 1. The van der Waals surface area contributed by atoms with E-state index in [1.54, 1.807) is 26.4 Å². The van der Waals surface area contributed by atoms with Gasteiger partial charge < -0.3 is 19.5 Å². The minimum absolute atomic E-state index is 0.0555. The molecule has 0 saturated carbocycles. The van der Waals surface area contributed by atoms with E-state index in [2.05, 4.69) is 5.32 Å². The smallest absolute Gasteiger partial charge is 0.336 e. The zero-order chi connectivity index (χ0) is 21.0. The number of esters is 1. The Labute approximate surface area is 171 Å². The molecule has 29 heavy (non-hydrogen) atoms. The quantitative estimate of drug-likeness (QED) is 0.552. The number of Topliss-reactive ketones (excluding diaryl/α,β-unsaturated/α-hetero) is 1. The number of ketones is 1. The fraction of sp³-hybridized carbons (Fsp3) is 0.478. The molecule has 0 aromatic heterocycles. The van der Waals surface area contributed by atoms with Crippen molar-refractivity contribution in [3.63, 3.8) is 0 Å². The van der Waals surface area contributed by atoms with Gasteiger partial charge in [-0.25, -0.2) is 4.79 Å². The minimum Gasteiger partial charge on any atom is -0.497 e. The van der Waals surface area contributed by atoms with Gasteiger partial charge in [-0.15, -0.1) is 0 Å². The zero-order valence-electron chi connectivity index (χ0n) is 17.6. The molecule has 1 N–H and O–H groups in total. The van der Waals surface area contributed by atoms with Crippen molar-refractivity contribution >= 4 is 11.8 Å². The van der Waals surface area contributed by atoms with Gasteiger partial charge in [0, 0.05) is 29.0 Å². The number of benzene rings is 1. The Bertz CT molecular complexity index is 868.